The fraction of sp³-hybridized carbons (Fsp3) is 0.167. The molecule has 0 fully saturated rings. The molecule has 1 N–H and O–H groups in total. The maximum Gasteiger partial charge on any atom is 0.350 e. The van der Waals surface area contributed by atoms with E-state index in [-0.39, 0.29) is 5.69 Å². The molecule has 9 nitrogen and oxygen atoms in total. The third kappa shape index (κ3) is 3.37. The Morgan fingerprint density at radius 1 is 1.00 bits per heavy atom. The molecule has 12 heteroatoms. The van der Waals surface area contributed by atoms with Gasteiger partial charge in [-0.15, -0.1) is 0 Å². The third-order valence-electron chi connectivity index (χ3n) is 2.82. The predicted molar refractivity (Wildman–Crippen MR) is 93.0 cm³/mol. The van der Waals surface area contributed by atoms with Crippen LogP contribution in [0.3, 0.4) is 0 Å². The lowest BCUT2D eigenvalue weighted by molar-refractivity contribution is 0.787. The molecule has 0 unspecified atom stereocenters. The van der Waals surface area contributed by atoms with Crippen molar-refractivity contribution in [3.05, 3.63) is 40.3 Å². The number of rotatable bonds is 2. The average molecular weight is 383 g/mol. The Kier molecular flexibility index (Phi) is 5.02. The van der Waals surface area contributed by atoms with Gasteiger partial charge in [-0.1, -0.05) is 23.5 Å². The third-order valence-corrected chi connectivity index (χ3v) is 4.19. The molecule has 0 radical (unpaired) electrons. The lowest BCUT2D eigenvalue weighted by atomic mass is 10.7. The molecule has 0 saturated carbocycles. The van der Waals surface area contributed by atoms with Crippen molar-refractivity contribution in [3.8, 4) is 0 Å². The zero-order chi connectivity index (χ0) is 17.1. The van der Waals surface area contributed by atoms with Crippen LogP contribution in [0.15, 0.2) is 39.6 Å². The van der Waals surface area contributed by atoms with Crippen molar-refractivity contribution < 1.29 is 0 Å². The Hall–Kier alpha value is -2.11. The quantitative estimate of drug-likeness (QED) is 0.521. The highest BCUT2D eigenvalue weighted by molar-refractivity contribution is 7.98. The van der Waals surface area contributed by atoms with Gasteiger partial charge in [0.2, 0.25) is 5.28 Å². The molecule has 0 saturated heterocycles. The van der Waals surface area contributed by atoms with E-state index in [1.165, 1.54) is 32.6 Å². The highest BCUT2D eigenvalue weighted by Gasteiger charge is 2.04. The first kappa shape index (κ1) is 16.7. The second kappa shape index (κ2) is 7.20. The van der Waals surface area contributed by atoms with Crippen LogP contribution >= 0.6 is 35.1 Å². The molecule has 0 amide bonds. The summed E-state index contributed by atoms with van der Waals surface area (Å²) in [6, 6.07) is 3.47. The largest absolute Gasteiger partial charge is 0.350 e. The van der Waals surface area contributed by atoms with Crippen molar-refractivity contribution in [1.82, 2.24) is 39.2 Å². The second-order valence-electron chi connectivity index (χ2n) is 4.23. The van der Waals surface area contributed by atoms with Gasteiger partial charge in [0.25, 0.3) is 0 Å². The minimum Gasteiger partial charge on any atom is -0.285 e. The summed E-state index contributed by atoms with van der Waals surface area (Å²) in [6.45, 7) is 0. The predicted octanol–water partition coefficient (Wildman–Crippen LogP) is 1.64. The van der Waals surface area contributed by atoms with Gasteiger partial charge in [0.05, 0.1) is 12.4 Å². The van der Waals surface area contributed by atoms with Gasteiger partial charge in [-0.05, 0) is 24.1 Å². The highest BCUT2D eigenvalue weighted by Crippen LogP contribution is 2.14. The van der Waals surface area contributed by atoms with Crippen LogP contribution in [0.2, 0.25) is 5.28 Å². The summed E-state index contributed by atoms with van der Waals surface area (Å²) >= 11 is 8.67. The number of nitrogens with one attached hydrogen (secondary N) is 1. The van der Waals surface area contributed by atoms with Gasteiger partial charge >= 0.3 is 5.69 Å². The number of nitrogens with zero attached hydrogens (tertiary/aromatic N) is 7. The average Bonchev–Trinajstić information content (AvgIpc) is 3.24. The summed E-state index contributed by atoms with van der Waals surface area (Å²) in [5.74, 6) is 0. The van der Waals surface area contributed by atoms with Gasteiger partial charge in [-0.2, -0.15) is 24.2 Å². The molecule has 0 bridgehead atoms. The zero-order valence-electron chi connectivity index (χ0n) is 12.5. The van der Waals surface area contributed by atoms with Gasteiger partial charge in [-0.3, -0.25) is 4.98 Å². The first-order valence-corrected chi connectivity index (χ1v) is 9.34. The number of aromatic nitrogens is 8. The van der Waals surface area contributed by atoms with Gasteiger partial charge in [0.1, 0.15) is 0 Å². The number of aromatic amines is 1. The van der Waals surface area contributed by atoms with Crippen LogP contribution in [-0.4, -0.2) is 51.7 Å². The SMILES string of the molecule is CSc1nc(Cl)n2nccc2n1.CSc1nc2ccnn2c(=O)[nH]1. The Morgan fingerprint density at radius 3 is 2.33 bits per heavy atom. The maximum absolute atomic E-state index is 11.2. The molecule has 0 aromatic carbocycles. The maximum atomic E-state index is 11.2. The van der Waals surface area contributed by atoms with E-state index in [1.807, 2.05) is 12.5 Å². The van der Waals surface area contributed by atoms with E-state index in [1.54, 1.807) is 24.5 Å². The van der Waals surface area contributed by atoms with Gasteiger partial charge in [0.15, 0.2) is 21.6 Å². The van der Waals surface area contributed by atoms with Crippen LogP contribution in [-0.2, 0) is 0 Å². The van der Waals surface area contributed by atoms with Crippen molar-refractivity contribution in [1.29, 1.82) is 0 Å². The molecule has 0 aliphatic carbocycles. The van der Waals surface area contributed by atoms with Gasteiger partial charge in [-0.25, -0.2) is 14.8 Å². The van der Waals surface area contributed by atoms with Crippen molar-refractivity contribution in [2.24, 2.45) is 0 Å². The summed E-state index contributed by atoms with van der Waals surface area (Å²) in [7, 11) is 0. The lowest BCUT2D eigenvalue weighted by Gasteiger charge is -1.97. The van der Waals surface area contributed by atoms with Crippen LogP contribution in [0.1, 0.15) is 0 Å². The molecule has 4 aromatic rings. The Bertz CT molecular complexity index is 1040. The van der Waals surface area contributed by atoms with E-state index in [0.29, 0.717) is 21.2 Å². The Balaban J connectivity index is 0.000000141. The Labute approximate surface area is 148 Å². The number of H-pyrrole nitrogens is 1. The number of halogens is 1. The van der Waals surface area contributed by atoms with E-state index >= 15 is 0 Å². The second-order valence-corrected chi connectivity index (χ2v) is 6.14. The number of hydrogen-bond acceptors (Lipinski definition) is 8. The lowest BCUT2D eigenvalue weighted by Crippen LogP contribution is -2.18. The number of fused-ring (bicyclic) bond motifs is 2. The molecule has 24 heavy (non-hydrogen) atoms. The van der Waals surface area contributed by atoms with Gasteiger partial charge in [0, 0.05) is 12.1 Å². The summed E-state index contributed by atoms with van der Waals surface area (Å²) in [5, 5.41) is 9.35. The molecule has 0 spiro atoms. The molecule has 0 atom stereocenters. The minimum atomic E-state index is -0.255. The minimum absolute atomic E-state index is 0.255. The molecule has 0 aliphatic heterocycles. The molecule has 4 rings (SSSR count). The van der Waals surface area contributed by atoms with E-state index in [4.69, 9.17) is 11.6 Å². The number of thioether (sulfide) groups is 2. The van der Waals surface area contributed by atoms with Gasteiger partial charge < -0.3 is 0 Å². The fourth-order valence-corrected chi connectivity index (χ4v) is 2.77. The van der Waals surface area contributed by atoms with E-state index < -0.39 is 0 Å². The molecule has 124 valence electrons. The highest BCUT2D eigenvalue weighted by atomic mass is 35.5. The van der Waals surface area contributed by atoms with Crippen molar-refractivity contribution >= 4 is 46.4 Å². The van der Waals surface area contributed by atoms with Crippen LogP contribution in [0.4, 0.5) is 0 Å². The van der Waals surface area contributed by atoms with Crippen LogP contribution in [0.25, 0.3) is 11.3 Å². The van der Waals surface area contributed by atoms with Crippen LogP contribution < -0.4 is 5.69 Å². The van der Waals surface area contributed by atoms with E-state index in [0.717, 1.165) is 5.65 Å². The molecule has 4 heterocycles. The van der Waals surface area contributed by atoms with Crippen molar-refractivity contribution in [3.63, 3.8) is 0 Å². The summed E-state index contributed by atoms with van der Waals surface area (Å²) in [6.07, 6.45) is 6.94. The normalized spacial score (nSPS) is 10.8. The van der Waals surface area contributed by atoms with Crippen molar-refractivity contribution in [2.75, 3.05) is 12.5 Å². The summed E-state index contributed by atoms with van der Waals surface area (Å²) < 4.78 is 2.71. The smallest absolute Gasteiger partial charge is 0.285 e. The molecule has 4 aromatic heterocycles. The number of hydrogen-bond donors (Lipinski definition) is 1. The van der Waals surface area contributed by atoms with Crippen molar-refractivity contribution in [2.45, 2.75) is 10.3 Å². The van der Waals surface area contributed by atoms with Crippen LogP contribution in [0.5, 0.6) is 0 Å². The summed E-state index contributed by atoms with van der Waals surface area (Å²) in [4.78, 5) is 26.1. The van der Waals surface area contributed by atoms with E-state index in [9.17, 15) is 4.79 Å². The standard InChI is InChI=1S/C6H5ClN4S.C6H6N4OS/c1-12-6-9-4-2-3-8-11(4)5(7)10-6;1-12-5-8-4-2-3-7-10(4)6(11)9-5/h2-3H,1H3;2-3H,1H3,(H,8,9,11). The summed E-state index contributed by atoms with van der Waals surface area (Å²) in [5.41, 5.74) is 1.04. The fourth-order valence-electron chi connectivity index (χ4n) is 1.77. The monoisotopic (exact) mass is 382 g/mol. The van der Waals surface area contributed by atoms with E-state index in [2.05, 4.69) is 30.1 Å². The topological polar surface area (TPSA) is 106 Å². The first-order valence-electron chi connectivity index (χ1n) is 6.51. The van der Waals surface area contributed by atoms with Crippen LogP contribution in [0, 0.1) is 0 Å². The molecule has 0 aliphatic rings. The Morgan fingerprint density at radius 2 is 1.67 bits per heavy atom. The zero-order valence-corrected chi connectivity index (χ0v) is 14.9. The molecular weight excluding hydrogens is 372 g/mol. The first-order chi connectivity index (χ1) is 11.6. The molecular formula is C12H11ClN8OS2.